The van der Waals surface area contributed by atoms with Crippen LogP contribution in [0.1, 0.15) is 124 Å². The van der Waals surface area contributed by atoms with Gasteiger partial charge in [-0.25, -0.2) is 0 Å². The zero-order valence-electron chi connectivity index (χ0n) is 39.4. The third-order valence-electron chi connectivity index (χ3n) is 13.3. The second-order valence-corrected chi connectivity index (χ2v) is 31.5. The zero-order chi connectivity index (χ0) is 45.1. The molecule has 0 saturated carbocycles. The molecule has 0 bridgehead atoms. The van der Waals surface area contributed by atoms with Crippen molar-refractivity contribution in [2.75, 3.05) is 4.44 Å². The lowest BCUT2D eigenvalue weighted by Crippen LogP contribution is -2.48. The molecular weight excluding hydrogens is 850 g/mol. The van der Waals surface area contributed by atoms with Crippen LogP contribution in [0.4, 0.5) is 18.9 Å². The minimum Gasteiger partial charge on any atom is -0.313 e. The minimum atomic E-state index is -4.51. The first kappa shape index (κ1) is 51.0. The van der Waals surface area contributed by atoms with Crippen molar-refractivity contribution in [3.05, 3.63) is 139 Å². The van der Waals surface area contributed by atoms with E-state index in [2.05, 4.69) is 107 Å². The maximum atomic E-state index is 15.3. The normalized spacial score (nSPS) is 12.8. The number of alkyl halides is 3. The highest BCUT2D eigenvalue weighted by Gasteiger charge is 2.41. The Bertz CT molecular complexity index is 1910. The second kappa shape index (κ2) is 25.6. The summed E-state index contributed by atoms with van der Waals surface area (Å²) in [6.07, 6.45) is 10.3. The quantitative estimate of drug-likeness (QED) is 0.0375. The Labute approximate surface area is 385 Å². The number of benzene rings is 5. The van der Waals surface area contributed by atoms with E-state index in [4.69, 9.17) is 0 Å². The molecule has 63 heavy (non-hydrogen) atoms. The van der Waals surface area contributed by atoms with Gasteiger partial charge in [0.1, 0.15) is 0 Å². The van der Waals surface area contributed by atoms with Gasteiger partial charge >= 0.3 is 6.18 Å². The molecular formula is C55H76F3NP2Si2. The fourth-order valence-corrected chi connectivity index (χ4v) is 26.9. The van der Waals surface area contributed by atoms with Crippen molar-refractivity contribution in [1.82, 2.24) is 0 Å². The molecule has 0 fully saturated rings. The molecule has 0 N–H and O–H groups in total. The number of hydrogen-bond acceptors (Lipinski definition) is 1. The lowest BCUT2D eigenvalue weighted by atomic mass is 10.2. The third kappa shape index (κ3) is 13.3. The van der Waals surface area contributed by atoms with Gasteiger partial charge in [0.25, 0.3) is 0 Å². The highest BCUT2D eigenvalue weighted by molar-refractivity contribution is 7.90. The van der Waals surface area contributed by atoms with E-state index in [0.717, 1.165) is 11.0 Å². The van der Waals surface area contributed by atoms with Gasteiger partial charge < -0.3 is 4.44 Å². The van der Waals surface area contributed by atoms with Crippen LogP contribution in [0.3, 0.4) is 0 Å². The predicted octanol–water partition coefficient (Wildman–Crippen LogP) is 15.7. The Hall–Kier alpha value is -3.02. The monoisotopic (exact) mass is 925 g/mol. The van der Waals surface area contributed by atoms with Crippen LogP contribution in [-0.4, -0.2) is 16.1 Å². The zero-order valence-corrected chi connectivity index (χ0v) is 43.2. The summed E-state index contributed by atoms with van der Waals surface area (Å²) in [5, 5.41) is 6.74. The Morgan fingerprint density at radius 1 is 0.397 bits per heavy atom. The molecule has 0 heterocycles. The van der Waals surface area contributed by atoms with Crippen molar-refractivity contribution in [3.63, 3.8) is 0 Å². The first-order chi connectivity index (χ1) is 30.6. The van der Waals surface area contributed by atoms with Gasteiger partial charge in [0.2, 0.25) is 0 Å². The van der Waals surface area contributed by atoms with Crippen LogP contribution in [0.2, 0.25) is 36.3 Å². The summed E-state index contributed by atoms with van der Waals surface area (Å²) in [7, 11) is -6.68. The van der Waals surface area contributed by atoms with E-state index >= 15 is 13.2 Å². The average Bonchev–Trinajstić information content (AvgIpc) is 3.32. The van der Waals surface area contributed by atoms with Gasteiger partial charge in [-0.05, 0) is 18.2 Å². The van der Waals surface area contributed by atoms with Crippen LogP contribution in [0.25, 0.3) is 0 Å². The Balaban J connectivity index is 1.82. The van der Waals surface area contributed by atoms with Crippen LogP contribution in [0.15, 0.2) is 133 Å². The molecule has 5 aromatic carbocycles. The fourth-order valence-electron chi connectivity index (χ4n) is 9.69. The fraction of sp³-hybridized carbons (Fsp3) is 0.455. The first-order valence-electron chi connectivity index (χ1n) is 24.5. The highest BCUT2D eigenvalue weighted by Crippen LogP contribution is 2.58. The lowest BCUT2D eigenvalue weighted by Gasteiger charge is -2.42. The standard InChI is InChI=1S/C55H76F3NP2Si2/c1-7-13-41-62(42-14-8-2,43-15-9-3)51-37-33-49(34-38-51)60(50-35-39-52(40-36-50)63(44-16-10-4,45-17-11-5)46-18-12-6)59(47-27-21-19-22-28-47)61(48-29-23-20-24-30-48)54-32-26-25-31-53(54)55(56,57)58/h19-40H,7-18,41-46H2,1-6H3. The molecule has 0 aliphatic rings. The number of rotatable bonds is 27. The lowest BCUT2D eigenvalue weighted by molar-refractivity contribution is -0.136. The molecule has 340 valence electrons. The molecule has 1 unspecified atom stereocenters. The van der Waals surface area contributed by atoms with Crippen molar-refractivity contribution in [3.8, 4) is 0 Å². The van der Waals surface area contributed by atoms with E-state index in [1.165, 1.54) is 136 Å². The molecule has 0 aromatic heterocycles. The van der Waals surface area contributed by atoms with Gasteiger partial charge in [-0.2, -0.15) is 13.2 Å². The minimum absolute atomic E-state index is 0.339. The van der Waals surface area contributed by atoms with Crippen molar-refractivity contribution in [2.24, 2.45) is 0 Å². The predicted molar refractivity (Wildman–Crippen MR) is 281 cm³/mol. The molecule has 0 aliphatic carbocycles. The van der Waals surface area contributed by atoms with Gasteiger partial charge in [0, 0.05) is 26.9 Å². The van der Waals surface area contributed by atoms with Gasteiger partial charge in [0.15, 0.2) is 0 Å². The van der Waals surface area contributed by atoms with E-state index in [9.17, 15) is 0 Å². The van der Waals surface area contributed by atoms with Gasteiger partial charge in [0.05, 0.1) is 37.9 Å². The van der Waals surface area contributed by atoms with Crippen molar-refractivity contribution < 1.29 is 13.2 Å². The van der Waals surface area contributed by atoms with E-state index in [-0.39, 0.29) is 0 Å². The van der Waals surface area contributed by atoms with Gasteiger partial charge in [-0.15, -0.1) is 0 Å². The number of para-hydroxylation sites is 1. The number of anilines is 1. The van der Waals surface area contributed by atoms with E-state index in [1.54, 1.807) is 22.5 Å². The number of unbranched alkanes of at least 4 members (excludes halogenated alkanes) is 6. The summed E-state index contributed by atoms with van der Waals surface area (Å²) < 4.78 is 48.3. The van der Waals surface area contributed by atoms with Crippen LogP contribution >= 0.6 is 16.1 Å². The van der Waals surface area contributed by atoms with Crippen LogP contribution < -0.4 is 36.0 Å². The second-order valence-electron chi connectivity index (χ2n) is 17.9. The molecule has 0 amide bonds. The Kier molecular flexibility index (Phi) is 20.7. The Morgan fingerprint density at radius 2 is 0.730 bits per heavy atom. The first-order valence-corrected chi connectivity index (χ1v) is 32.3. The number of nitrogens with zero attached hydrogens (tertiary/aromatic N) is 1. The number of hydrogen-bond donors (Lipinski definition) is 0. The molecule has 8 heteroatoms. The van der Waals surface area contributed by atoms with E-state index in [0.29, 0.717) is 5.30 Å². The smallest absolute Gasteiger partial charge is 0.313 e. The summed E-state index contributed by atoms with van der Waals surface area (Å²) in [6.45, 7) is 13.9. The third-order valence-corrected chi connectivity index (χ3v) is 29.8. The molecule has 0 radical (unpaired) electrons. The van der Waals surface area contributed by atoms with Gasteiger partial charge in [-0.3, -0.25) is 0 Å². The van der Waals surface area contributed by atoms with E-state index < -0.39 is 44.0 Å². The average molecular weight is 926 g/mol. The summed E-state index contributed by atoms with van der Waals surface area (Å²) >= 11 is 0. The molecule has 5 aromatic rings. The summed E-state index contributed by atoms with van der Waals surface area (Å²) in [6, 6.07) is 54.1. The molecule has 5 rings (SSSR count). The summed E-state index contributed by atoms with van der Waals surface area (Å²) in [4.78, 5) is 0. The summed E-state index contributed by atoms with van der Waals surface area (Å²) in [5.74, 6) is 0. The molecule has 0 saturated heterocycles. The molecule has 1 nitrogen and oxygen atoms in total. The molecule has 0 aliphatic heterocycles. The van der Waals surface area contributed by atoms with Crippen LogP contribution in [0.5, 0.6) is 0 Å². The molecule has 0 spiro atoms. The topological polar surface area (TPSA) is 3.24 Å². The van der Waals surface area contributed by atoms with Crippen molar-refractivity contribution in [2.45, 2.75) is 161 Å². The Morgan fingerprint density at radius 3 is 1.10 bits per heavy atom. The highest BCUT2D eigenvalue weighted by atomic mass is 31.2. The maximum Gasteiger partial charge on any atom is 0.417 e. The number of halogens is 3. The summed E-state index contributed by atoms with van der Waals surface area (Å²) in [5.41, 5.74) is 0.387. The maximum absolute atomic E-state index is 15.3. The van der Waals surface area contributed by atoms with Crippen molar-refractivity contribution in [1.29, 1.82) is 0 Å². The molecule has 1 atom stereocenters. The van der Waals surface area contributed by atoms with Crippen LogP contribution in [0, 0.1) is 0 Å². The van der Waals surface area contributed by atoms with E-state index in [1.807, 2.05) is 48.5 Å². The van der Waals surface area contributed by atoms with Crippen molar-refractivity contribution >= 4 is 69.6 Å². The SMILES string of the molecule is CCCC[Si](CCCC)(CCCC)c1ccc(P(c2ccc([Si](CCCC)(CCCC)CCCC)cc2)N(c2ccccc2)P(c2ccccc2)c2ccccc2C(F)(F)F)cc1. The van der Waals surface area contributed by atoms with Crippen LogP contribution in [-0.2, 0) is 6.18 Å². The van der Waals surface area contributed by atoms with Gasteiger partial charge in [-0.1, -0.05) is 280 Å². The largest absolute Gasteiger partial charge is 0.417 e.